The second-order valence-electron chi connectivity index (χ2n) is 3.84. The summed E-state index contributed by atoms with van der Waals surface area (Å²) >= 11 is 5.72. The summed E-state index contributed by atoms with van der Waals surface area (Å²) in [6.45, 7) is 3.66. The molecule has 0 aliphatic heterocycles. The number of hydrogen-bond acceptors (Lipinski definition) is 4. The van der Waals surface area contributed by atoms with E-state index in [1.54, 1.807) is 0 Å². The van der Waals surface area contributed by atoms with Gasteiger partial charge in [-0.25, -0.2) is 0 Å². The number of rotatable bonds is 5. The van der Waals surface area contributed by atoms with Crippen LogP contribution in [0.25, 0.3) is 0 Å². The molecule has 0 aromatic carbocycles. The van der Waals surface area contributed by atoms with E-state index in [2.05, 4.69) is 10.5 Å². The molecule has 0 saturated carbocycles. The summed E-state index contributed by atoms with van der Waals surface area (Å²) in [6.07, 6.45) is 2.29. The van der Waals surface area contributed by atoms with Crippen LogP contribution in [-0.2, 0) is 0 Å². The van der Waals surface area contributed by atoms with Crippen molar-refractivity contribution in [2.75, 3.05) is 0 Å². The fraction of sp³-hybridized carbons (Fsp3) is 0.455. The third kappa shape index (κ3) is 2.59. The zero-order valence-electron chi connectivity index (χ0n) is 10.2. The molecule has 7 heteroatoms. The summed E-state index contributed by atoms with van der Waals surface area (Å²) in [6, 6.07) is 1.46. The smallest absolute Gasteiger partial charge is 0.256 e. The number of nitrogens with two attached hydrogens (primary N) is 1. The van der Waals surface area contributed by atoms with Gasteiger partial charge in [0, 0.05) is 0 Å². The lowest BCUT2D eigenvalue weighted by atomic mass is 9.91. The molecule has 6 nitrogen and oxygen atoms in total. The molecule has 0 unspecified atom stereocenters. The molecule has 0 aliphatic rings. The quantitative estimate of drug-likeness (QED) is 0.330. The highest BCUT2D eigenvalue weighted by molar-refractivity contribution is 6.32. The lowest BCUT2D eigenvalue weighted by Crippen LogP contribution is -2.56. The Kier molecular flexibility index (Phi) is 4.61. The van der Waals surface area contributed by atoms with Crippen molar-refractivity contribution in [2.45, 2.75) is 32.2 Å². The van der Waals surface area contributed by atoms with Crippen LogP contribution in [0.1, 0.15) is 37.0 Å². The summed E-state index contributed by atoms with van der Waals surface area (Å²) in [5, 5.41) is 14.5. The Morgan fingerprint density at radius 1 is 1.61 bits per heavy atom. The van der Waals surface area contributed by atoms with Crippen LogP contribution in [0.5, 0.6) is 0 Å². The molecule has 0 radical (unpaired) electrons. The zero-order chi connectivity index (χ0) is 13.8. The molecule has 1 rings (SSSR count). The van der Waals surface area contributed by atoms with Gasteiger partial charge >= 0.3 is 0 Å². The van der Waals surface area contributed by atoms with E-state index < -0.39 is 11.4 Å². The minimum atomic E-state index is -0.896. The molecule has 0 saturated heterocycles. The van der Waals surface area contributed by atoms with E-state index in [4.69, 9.17) is 27.0 Å². The molecule has 4 N–H and O–H groups in total. The molecule has 0 aliphatic carbocycles. The van der Waals surface area contributed by atoms with Crippen LogP contribution in [0.4, 0.5) is 0 Å². The SMILES string of the molecule is CCC(CC)(NC(=O)c1ccoc1Cl)/C(N)=N/O. The van der Waals surface area contributed by atoms with Gasteiger partial charge in [0.1, 0.15) is 5.54 Å². The predicted molar refractivity (Wildman–Crippen MR) is 67.9 cm³/mol. The molecule has 100 valence electrons. The van der Waals surface area contributed by atoms with Gasteiger partial charge in [-0.15, -0.1) is 0 Å². The summed E-state index contributed by atoms with van der Waals surface area (Å²) in [4.78, 5) is 12.0. The fourth-order valence-corrected chi connectivity index (χ4v) is 1.89. The van der Waals surface area contributed by atoms with Gasteiger partial charge < -0.3 is 20.7 Å². The first kappa shape index (κ1) is 14.4. The first-order chi connectivity index (χ1) is 8.50. The van der Waals surface area contributed by atoms with Crippen molar-refractivity contribution in [3.05, 3.63) is 23.1 Å². The number of carbonyl (C=O) groups excluding carboxylic acids is 1. The van der Waals surface area contributed by atoms with Crippen LogP contribution in [0.3, 0.4) is 0 Å². The zero-order valence-corrected chi connectivity index (χ0v) is 11.0. The second kappa shape index (κ2) is 5.77. The third-order valence-corrected chi connectivity index (χ3v) is 3.31. The Morgan fingerprint density at radius 2 is 2.22 bits per heavy atom. The fourth-order valence-electron chi connectivity index (χ4n) is 1.69. The van der Waals surface area contributed by atoms with E-state index in [-0.39, 0.29) is 16.6 Å². The highest BCUT2D eigenvalue weighted by Crippen LogP contribution is 2.20. The molecule has 0 spiro atoms. The lowest BCUT2D eigenvalue weighted by molar-refractivity contribution is 0.0917. The molecule has 1 aromatic rings. The van der Waals surface area contributed by atoms with Crippen molar-refractivity contribution >= 4 is 23.3 Å². The van der Waals surface area contributed by atoms with Crippen molar-refractivity contribution in [3.8, 4) is 0 Å². The summed E-state index contributed by atoms with van der Waals surface area (Å²) in [5.74, 6) is -0.468. The molecule has 1 amide bonds. The second-order valence-corrected chi connectivity index (χ2v) is 4.18. The summed E-state index contributed by atoms with van der Waals surface area (Å²) in [7, 11) is 0. The number of carbonyl (C=O) groups is 1. The van der Waals surface area contributed by atoms with Gasteiger partial charge in [-0.05, 0) is 30.5 Å². The lowest BCUT2D eigenvalue weighted by Gasteiger charge is -2.31. The van der Waals surface area contributed by atoms with Crippen LogP contribution in [-0.4, -0.2) is 22.5 Å². The number of halogens is 1. The highest BCUT2D eigenvalue weighted by atomic mass is 35.5. The van der Waals surface area contributed by atoms with E-state index in [0.717, 1.165) is 0 Å². The number of furan rings is 1. The molecular weight excluding hydrogens is 258 g/mol. The standard InChI is InChI=1S/C11H16ClN3O3/c1-3-11(4-2,10(13)15-17)14-9(16)7-5-6-18-8(7)12/h5-6,17H,3-4H2,1-2H3,(H2,13,15)(H,14,16). The summed E-state index contributed by atoms with van der Waals surface area (Å²) < 4.78 is 4.85. The van der Waals surface area contributed by atoms with Crippen LogP contribution in [0.15, 0.2) is 21.9 Å². The molecule has 0 atom stereocenters. The van der Waals surface area contributed by atoms with Crippen LogP contribution < -0.4 is 11.1 Å². The largest absolute Gasteiger partial charge is 0.452 e. The number of nitrogens with zero attached hydrogens (tertiary/aromatic N) is 1. The highest BCUT2D eigenvalue weighted by Gasteiger charge is 2.34. The first-order valence-corrected chi connectivity index (χ1v) is 5.92. The van der Waals surface area contributed by atoms with Gasteiger partial charge in [-0.3, -0.25) is 4.79 Å². The van der Waals surface area contributed by atoms with Gasteiger partial charge in [-0.1, -0.05) is 19.0 Å². The molecule has 0 bridgehead atoms. The van der Waals surface area contributed by atoms with Gasteiger partial charge in [-0.2, -0.15) is 0 Å². The number of amides is 1. The van der Waals surface area contributed by atoms with Crippen molar-refractivity contribution in [1.82, 2.24) is 5.32 Å². The van der Waals surface area contributed by atoms with Gasteiger partial charge in [0.2, 0.25) is 5.22 Å². The Balaban J connectivity index is 2.99. The Hall–Kier alpha value is -1.69. The Bertz CT molecular complexity index is 452. The topological polar surface area (TPSA) is 101 Å². The predicted octanol–water partition coefficient (Wildman–Crippen LogP) is 1.97. The van der Waals surface area contributed by atoms with Crippen LogP contribution in [0, 0.1) is 0 Å². The van der Waals surface area contributed by atoms with E-state index in [0.29, 0.717) is 12.8 Å². The Labute approximate surface area is 110 Å². The average Bonchev–Trinajstić information content (AvgIpc) is 2.81. The number of amidine groups is 1. The normalized spacial score (nSPS) is 12.5. The maximum absolute atomic E-state index is 12.0. The van der Waals surface area contributed by atoms with Crippen molar-refractivity contribution in [3.63, 3.8) is 0 Å². The number of oxime groups is 1. The number of hydrogen-bond donors (Lipinski definition) is 3. The van der Waals surface area contributed by atoms with E-state index in [1.807, 2.05) is 13.8 Å². The molecule has 1 heterocycles. The summed E-state index contributed by atoms with van der Waals surface area (Å²) in [5.41, 5.74) is 4.96. The van der Waals surface area contributed by atoms with Crippen molar-refractivity contribution < 1.29 is 14.4 Å². The van der Waals surface area contributed by atoms with Gasteiger partial charge in [0.25, 0.3) is 5.91 Å². The Morgan fingerprint density at radius 3 is 2.61 bits per heavy atom. The van der Waals surface area contributed by atoms with Gasteiger partial charge in [0.15, 0.2) is 5.84 Å². The average molecular weight is 274 g/mol. The van der Waals surface area contributed by atoms with Gasteiger partial charge in [0.05, 0.1) is 11.8 Å². The van der Waals surface area contributed by atoms with E-state index >= 15 is 0 Å². The van der Waals surface area contributed by atoms with Crippen molar-refractivity contribution in [1.29, 1.82) is 0 Å². The first-order valence-electron chi connectivity index (χ1n) is 5.54. The van der Waals surface area contributed by atoms with E-state index in [1.165, 1.54) is 12.3 Å². The minimum absolute atomic E-state index is 0.00751. The minimum Gasteiger partial charge on any atom is -0.452 e. The van der Waals surface area contributed by atoms with Crippen LogP contribution >= 0.6 is 11.6 Å². The third-order valence-electron chi connectivity index (χ3n) is 3.02. The van der Waals surface area contributed by atoms with Crippen molar-refractivity contribution in [2.24, 2.45) is 10.9 Å². The molecule has 1 aromatic heterocycles. The molecule has 0 fully saturated rings. The maximum atomic E-state index is 12.0. The monoisotopic (exact) mass is 273 g/mol. The number of nitrogens with one attached hydrogen (secondary N) is 1. The molecular formula is C11H16ClN3O3. The van der Waals surface area contributed by atoms with Crippen LogP contribution in [0.2, 0.25) is 5.22 Å². The van der Waals surface area contributed by atoms with E-state index in [9.17, 15) is 4.79 Å². The maximum Gasteiger partial charge on any atom is 0.256 e. The molecule has 18 heavy (non-hydrogen) atoms.